The second kappa shape index (κ2) is 7.67. The molecule has 0 unspecified atom stereocenters. The van der Waals surface area contributed by atoms with Crippen LogP contribution in [0.3, 0.4) is 0 Å². The number of rotatable bonds is 5. The number of benzene rings is 2. The van der Waals surface area contributed by atoms with E-state index in [-0.39, 0.29) is 0 Å². The number of nitrogens with zero attached hydrogens (tertiary/aromatic N) is 2. The van der Waals surface area contributed by atoms with Gasteiger partial charge >= 0.3 is 0 Å². The highest BCUT2D eigenvalue weighted by Gasteiger charge is 2.24. The van der Waals surface area contributed by atoms with E-state index in [9.17, 15) is 0 Å². The maximum absolute atomic E-state index is 6.24. The van der Waals surface area contributed by atoms with E-state index in [0.717, 1.165) is 40.9 Å². The number of hydrogen-bond donors (Lipinski definition) is 0. The number of unbranched alkanes of at least 4 members (excludes halogenated alkanes) is 1. The smallest absolute Gasteiger partial charge is 0.151 e. The maximum atomic E-state index is 6.24. The van der Waals surface area contributed by atoms with Crippen molar-refractivity contribution in [3.63, 3.8) is 0 Å². The summed E-state index contributed by atoms with van der Waals surface area (Å²) in [5.74, 6) is 1.81. The molecule has 0 saturated carbocycles. The Bertz CT molecular complexity index is 728. The molecular weight excluding hydrogens is 332 g/mol. The lowest BCUT2D eigenvalue weighted by Gasteiger charge is -2.33. The summed E-state index contributed by atoms with van der Waals surface area (Å²) >= 11 is 6.24. The second-order valence-electron chi connectivity index (χ2n) is 6.94. The third-order valence-electron chi connectivity index (χ3n) is 5.14. The summed E-state index contributed by atoms with van der Waals surface area (Å²) in [5, 5.41) is 0.750. The first kappa shape index (κ1) is 16.7. The van der Waals surface area contributed by atoms with Gasteiger partial charge in [0.1, 0.15) is 0 Å². The van der Waals surface area contributed by atoms with Gasteiger partial charge in [0.05, 0.1) is 11.4 Å². The van der Waals surface area contributed by atoms with Gasteiger partial charge in [-0.2, -0.15) is 0 Å². The Morgan fingerprint density at radius 2 is 1.60 bits per heavy atom. The average Bonchev–Trinajstić information content (AvgIpc) is 2.65. The third-order valence-corrected chi connectivity index (χ3v) is 5.38. The van der Waals surface area contributed by atoms with Crippen LogP contribution in [-0.2, 0) is 0 Å². The normalized spacial score (nSPS) is 16.9. The monoisotopic (exact) mass is 356 g/mol. The molecular formula is C21H25ClN2O. The predicted molar refractivity (Wildman–Crippen MR) is 104 cm³/mol. The number of hydrogen-bond acceptors (Lipinski definition) is 3. The van der Waals surface area contributed by atoms with Crippen LogP contribution in [0.5, 0.6) is 11.5 Å². The van der Waals surface area contributed by atoms with E-state index < -0.39 is 0 Å². The summed E-state index contributed by atoms with van der Waals surface area (Å²) in [4.78, 5) is 4.97. The molecule has 0 bridgehead atoms. The first-order valence-corrected chi connectivity index (χ1v) is 9.75. The molecule has 4 heteroatoms. The predicted octanol–water partition coefficient (Wildman–Crippen LogP) is 5.85. The van der Waals surface area contributed by atoms with E-state index in [4.69, 9.17) is 16.3 Å². The SMILES string of the molecule is Clc1ccc2c(c1)N(CCCCN1CCCCC1)c1ccccc1O2. The van der Waals surface area contributed by atoms with Crippen molar-refractivity contribution in [2.75, 3.05) is 31.1 Å². The van der Waals surface area contributed by atoms with Gasteiger partial charge in [-0.05, 0) is 75.6 Å². The van der Waals surface area contributed by atoms with Crippen LogP contribution in [0.4, 0.5) is 11.4 Å². The van der Waals surface area contributed by atoms with Crippen LogP contribution >= 0.6 is 11.6 Å². The van der Waals surface area contributed by atoms with Gasteiger partial charge in [0.2, 0.25) is 0 Å². The highest BCUT2D eigenvalue weighted by Crippen LogP contribution is 2.47. The first-order chi connectivity index (χ1) is 12.3. The zero-order chi connectivity index (χ0) is 17.1. The Kier molecular flexibility index (Phi) is 5.14. The third kappa shape index (κ3) is 3.78. The van der Waals surface area contributed by atoms with Crippen LogP contribution in [0, 0.1) is 0 Å². The quantitative estimate of drug-likeness (QED) is 0.625. The van der Waals surface area contributed by atoms with E-state index in [1.165, 1.54) is 45.3 Å². The average molecular weight is 357 g/mol. The standard InChI is InChI=1S/C21H25ClN2O/c22-17-10-11-21-19(16-17)24(18-8-2-3-9-20(18)25-21)15-7-6-14-23-12-4-1-5-13-23/h2-3,8-11,16H,1,4-7,12-15H2. The van der Waals surface area contributed by atoms with Crippen LogP contribution in [0.15, 0.2) is 42.5 Å². The molecule has 0 N–H and O–H groups in total. The van der Waals surface area contributed by atoms with E-state index in [1.54, 1.807) is 0 Å². The lowest BCUT2D eigenvalue weighted by atomic mass is 10.1. The van der Waals surface area contributed by atoms with Gasteiger partial charge < -0.3 is 14.5 Å². The molecule has 2 aromatic carbocycles. The largest absolute Gasteiger partial charge is 0.453 e. The number of piperidine rings is 1. The Labute approximate surface area is 155 Å². The van der Waals surface area contributed by atoms with Crippen LogP contribution in [-0.4, -0.2) is 31.1 Å². The van der Waals surface area contributed by atoms with Gasteiger partial charge in [-0.1, -0.05) is 30.2 Å². The van der Waals surface area contributed by atoms with Gasteiger partial charge in [-0.15, -0.1) is 0 Å². The maximum Gasteiger partial charge on any atom is 0.151 e. The molecule has 0 spiro atoms. The van der Waals surface area contributed by atoms with Crippen molar-refractivity contribution in [2.24, 2.45) is 0 Å². The molecule has 2 heterocycles. The summed E-state index contributed by atoms with van der Waals surface area (Å²) < 4.78 is 6.06. The van der Waals surface area contributed by atoms with Gasteiger partial charge in [0.25, 0.3) is 0 Å². The fourth-order valence-electron chi connectivity index (χ4n) is 3.83. The molecule has 2 aromatic rings. The molecule has 2 aliphatic rings. The number of anilines is 2. The lowest BCUT2D eigenvalue weighted by molar-refractivity contribution is 0.225. The minimum Gasteiger partial charge on any atom is -0.453 e. The molecule has 1 saturated heterocycles. The van der Waals surface area contributed by atoms with Crippen molar-refractivity contribution in [1.29, 1.82) is 0 Å². The fourth-order valence-corrected chi connectivity index (χ4v) is 4.00. The molecule has 2 aliphatic heterocycles. The van der Waals surface area contributed by atoms with Crippen LogP contribution < -0.4 is 9.64 Å². The van der Waals surface area contributed by atoms with Gasteiger partial charge in [0.15, 0.2) is 11.5 Å². The summed E-state index contributed by atoms with van der Waals surface area (Å²) in [6.07, 6.45) is 6.52. The highest BCUT2D eigenvalue weighted by molar-refractivity contribution is 6.31. The van der Waals surface area contributed by atoms with Crippen molar-refractivity contribution in [3.8, 4) is 11.5 Å². The molecule has 0 aliphatic carbocycles. The minimum absolute atomic E-state index is 0.750. The Hall–Kier alpha value is -1.71. The molecule has 3 nitrogen and oxygen atoms in total. The number of ether oxygens (including phenoxy) is 1. The molecule has 0 radical (unpaired) electrons. The zero-order valence-corrected chi connectivity index (χ0v) is 15.3. The van der Waals surface area contributed by atoms with Gasteiger partial charge in [0, 0.05) is 11.6 Å². The number of halogens is 1. The van der Waals surface area contributed by atoms with Crippen LogP contribution in [0.2, 0.25) is 5.02 Å². The first-order valence-electron chi connectivity index (χ1n) is 9.37. The Morgan fingerprint density at radius 3 is 2.48 bits per heavy atom. The van der Waals surface area contributed by atoms with Crippen molar-refractivity contribution >= 4 is 23.0 Å². The summed E-state index contributed by atoms with van der Waals surface area (Å²) in [6.45, 7) is 4.76. The van der Waals surface area contributed by atoms with E-state index >= 15 is 0 Å². The highest BCUT2D eigenvalue weighted by atomic mass is 35.5. The molecule has 25 heavy (non-hydrogen) atoms. The van der Waals surface area contributed by atoms with Gasteiger partial charge in [-0.25, -0.2) is 0 Å². The second-order valence-corrected chi connectivity index (χ2v) is 7.38. The van der Waals surface area contributed by atoms with E-state index in [0.29, 0.717) is 0 Å². The van der Waals surface area contributed by atoms with Gasteiger partial charge in [-0.3, -0.25) is 0 Å². The van der Waals surface area contributed by atoms with Crippen molar-refractivity contribution in [2.45, 2.75) is 32.1 Å². The fraction of sp³-hybridized carbons (Fsp3) is 0.429. The number of para-hydroxylation sites is 2. The van der Waals surface area contributed by atoms with E-state index in [2.05, 4.69) is 21.9 Å². The zero-order valence-electron chi connectivity index (χ0n) is 14.6. The molecule has 0 amide bonds. The van der Waals surface area contributed by atoms with Crippen molar-refractivity contribution < 1.29 is 4.74 Å². The van der Waals surface area contributed by atoms with E-state index in [1.807, 2.05) is 30.3 Å². The molecule has 132 valence electrons. The molecule has 1 fully saturated rings. The number of fused-ring (bicyclic) bond motifs is 2. The number of likely N-dealkylation sites (tertiary alicyclic amines) is 1. The Morgan fingerprint density at radius 1 is 0.840 bits per heavy atom. The topological polar surface area (TPSA) is 15.7 Å². The lowest BCUT2D eigenvalue weighted by Crippen LogP contribution is -2.31. The summed E-state index contributed by atoms with van der Waals surface area (Å²) in [7, 11) is 0. The molecule has 0 atom stereocenters. The Balaban J connectivity index is 1.45. The van der Waals surface area contributed by atoms with Crippen molar-refractivity contribution in [3.05, 3.63) is 47.5 Å². The summed E-state index contributed by atoms with van der Waals surface area (Å²) in [6, 6.07) is 14.1. The molecule has 0 aromatic heterocycles. The minimum atomic E-state index is 0.750. The summed E-state index contributed by atoms with van der Waals surface area (Å²) in [5.41, 5.74) is 2.21. The van der Waals surface area contributed by atoms with Crippen LogP contribution in [0.1, 0.15) is 32.1 Å². The van der Waals surface area contributed by atoms with Crippen molar-refractivity contribution in [1.82, 2.24) is 4.90 Å². The molecule has 4 rings (SSSR count). The van der Waals surface area contributed by atoms with Crippen LogP contribution in [0.25, 0.3) is 0 Å².